The number of hydrogen-bond donors (Lipinski definition) is 1. The van der Waals surface area contributed by atoms with Gasteiger partial charge in [-0.2, -0.15) is 0 Å². The van der Waals surface area contributed by atoms with Gasteiger partial charge in [-0.1, -0.05) is 12.1 Å². The van der Waals surface area contributed by atoms with Gasteiger partial charge in [-0.3, -0.25) is 0 Å². The van der Waals surface area contributed by atoms with Crippen molar-refractivity contribution < 1.29 is 4.74 Å². The molecule has 0 aliphatic rings. The van der Waals surface area contributed by atoms with Gasteiger partial charge in [-0.15, -0.1) is 0 Å². The van der Waals surface area contributed by atoms with Crippen LogP contribution >= 0.6 is 0 Å². The zero-order valence-corrected chi connectivity index (χ0v) is 9.05. The van der Waals surface area contributed by atoms with Crippen LogP contribution in [0.1, 0.15) is 11.4 Å². The van der Waals surface area contributed by atoms with Crippen molar-refractivity contribution in [3.63, 3.8) is 0 Å². The highest BCUT2D eigenvalue weighted by atomic mass is 16.5. The van der Waals surface area contributed by atoms with E-state index in [9.17, 15) is 0 Å². The molecule has 0 aliphatic heterocycles. The van der Waals surface area contributed by atoms with Crippen LogP contribution in [0.25, 0.3) is 0 Å². The Labute approximate surface area is 94.1 Å². The third-order valence-electron chi connectivity index (χ3n) is 2.08. The molecule has 4 heteroatoms. The third-order valence-corrected chi connectivity index (χ3v) is 2.08. The standard InChI is InChI=1S/C12H13N3O/c1-9-3-2-4-11(5-9)16-8-12-14-6-10(13)7-15-12/h2-7H,8,13H2,1H3. The molecule has 82 valence electrons. The molecule has 16 heavy (non-hydrogen) atoms. The summed E-state index contributed by atoms with van der Waals surface area (Å²) < 4.78 is 5.55. The number of benzene rings is 1. The summed E-state index contributed by atoms with van der Waals surface area (Å²) in [4.78, 5) is 8.11. The molecular weight excluding hydrogens is 202 g/mol. The maximum atomic E-state index is 5.55. The summed E-state index contributed by atoms with van der Waals surface area (Å²) in [7, 11) is 0. The number of hydrogen-bond acceptors (Lipinski definition) is 4. The highest BCUT2D eigenvalue weighted by molar-refractivity contribution is 5.30. The molecule has 2 rings (SSSR count). The van der Waals surface area contributed by atoms with Crippen LogP contribution in [0.15, 0.2) is 36.7 Å². The molecule has 0 unspecified atom stereocenters. The number of rotatable bonds is 3. The van der Waals surface area contributed by atoms with Crippen LogP contribution in [0, 0.1) is 6.92 Å². The molecule has 2 aromatic rings. The predicted molar refractivity (Wildman–Crippen MR) is 62.0 cm³/mol. The van der Waals surface area contributed by atoms with Crippen molar-refractivity contribution in [3.05, 3.63) is 48.0 Å². The van der Waals surface area contributed by atoms with Crippen LogP contribution in [-0.4, -0.2) is 9.97 Å². The Hall–Kier alpha value is -2.10. The number of nitrogen functional groups attached to an aromatic ring is 1. The largest absolute Gasteiger partial charge is 0.486 e. The first-order chi connectivity index (χ1) is 7.74. The van der Waals surface area contributed by atoms with E-state index in [0.29, 0.717) is 18.1 Å². The van der Waals surface area contributed by atoms with Crippen LogP contribution in [0.3, 0.4) is 0 Å². The SMILES string of the molecule is Cc1cccc(OCc2ncc(N)cn2)c1. The zero-order chi connectivity index (χ0) is 11.4. The molecule has 1 aromatic heterocycles. The van der Waals surface area contributed by atoms with Gasteiger partial charge in [0.15, 0.2) is 5.82 Å². The van der Waals surface area contributed by atoms with E-state index < -0.39 is 0 Å². The highest BCUT2D eigenvalue weighted by Gasteiger charge is 1.98. The van der Waals surface area contributed by atoms with Gasteiger partial charge in [-0.25, -0.2) is 9.97 Å². The Morgan fingerprint density at radius 1 is 1.25 bits per heavy atom. The van der Waals surface area contributed by atoms with Gasteiger partial charge in [0.1, 0.15) is 12.4 Å². The smallest absolute Gasteiger partial charge is 0.166 e. The molecule has 0 fully saturated rings. The maximum absolute atomic E-state index is 5.55. The first-order valence-corrected chi connectivity index (χ1v) is 5.00. The molecule has 0 aliphatic carbocycles. The Bertz CT molecular complexity index is 468. The van der Waals surface area contributed by atoms with E-state index in [1.54, 1.807) is 12.4 Å². The molecule has 0 saturated carbocycles. The van der Waals surface area contributed by atoms with Gasteiger partial charge < -0.3 is 10.5 Å². The summed E-state index contributed by atoms with van der Waals surface area (Å²) in [6.07, 6.45) is 3.14. The third kappa shape index (κ3) is 2.70. The minimum Gasteiger partial charge on any atom is -0.486 e. The predicted octanol–water partition coefficient (Wildman–Crippen LogP) is 1.95. The van der Waals surface area contributed by atoms with Crippen LogP contribution in [0.4, 0.5) is 5.69 Å². The first-order valence-electron chi connectivity index (χ1n) is 5.00. The second-order valence-electron chi connectivity index (χ2n) is 3.54. The summed E-state index contributed by atoms with van der Waals surface area (Å²) >= 11 is 0. The molecular formula is C12H13N3O. The van der Waals surface area contributed by atoms with Gasteiger partial charge in [0, 0.05) is 0 Å². The number of aromatic nitrogens is 2. The molecule has 0 radical (unpaired) electrons. The number of nitrogens with zero attached hydrogens (tertiary/aromatic N) is 2. The molecule has 0 spiro atoms. The van der Waals surface area contributed by atoms with Gasteiger partial charge in [0.05, 0.1) is 18.1 Å². The monoisotopic (exact) mass is 215 g/mol. The number of anilines is 1. The number of ether oxygens (including phenoxy) is 1. The van der Waals surface area contributed by atoms with Crippen molar-refractivity contribution in [3.8, 4) is 5.75 Å². The molecule has 1 heterocycles. The fraction of sp³-hybridized carbons (Fsp3) is 0.167. The second kappa shape index (κ2) is 4.61. The van der Waals surface area contributed by atoms with Crippen molar-refractivity contribution in [2.24, 2.45) is 0 Å². The molecule has 2 N–H and O–H groups in total. The van der Waals surface area contributed by atoms with E-state index in [1.165, 1.54) is 0 Å². The average molecular weight is 215 g/mol. The van der Waals surface area contributed by atoms with E-state index in [-0.39, 0.29) is 0 Å². The first kappa shape index (κ1) is 10.4. The summed E-state index contributed by atoms with van der Waals surface area (Å²) in [5.74, 6) is 1.44. The lowest BCUT2D eigenvalue weighted by molar-refractivity contribution is 0.295. The lowest BCUT2D eigenvalue weighted by atomic mass is 10.2. The minimum absolute atomic E-state index is 0.351. The Balaban J connectivity index is 1.99. The average Bonchev–Trinajstić information content (AvgIpc) is 2.28. The molecule has 0 atom stereocenters. The summed E-state index contributed by atoms with van der Waals surface area (Å²) in [5, 5.41) is 0. The van der Waals surface area contributed by atoms with Crippen LogP contribution in [0.2, 0.25) is 0 Å². The lowest BCUT2D eigenvalue weighted by Crippen LogP contribution is -2.02. The quantitative estimate of drug-likeness (QED) is 0.850. The molecule has 4 nitrogen and oxygen atoms in total. The van der Waals surface area contributed by atoms with Crippen LogP contribution in [0.5, 0.6) is 5.75 Å². The van der Waals surface area contributed by atoms with Gasteiger partial charge in [0.25, 0.3) is 0 Å². The van der Waals surface area contributed by atoms with Crippen molar-refractivity contribution in [2.45, 2.75) is 13.5 Å². The minimum atomic E-state index is 0.351. The fourth-order valence-electron chi connectivity index (χ4n) is 1.29. The Morgan fingerprint density at radius 3 is 2.69 bits per heavy atom. The number of aryl methyl sites for hydroxylation is 1. The van der Waals surface area contributed by atoms with Gasteiger partial charge in [0.2, 0.25) is 0 Å². The van der Waals surface area contributed by atoms with Gasteiger partial charge in [-0.05, 0) is 24.6 Å². The topological polar surface area (TPSA) is 61.0 Å². The van der Waals surface area contributed by atoms with E-state index in [2.05, 4.69) is 9.97 Å². The zero-order valence-electron chi connectivity index (χ0n) is 9.05. The molecule has 0 amide bonds. The summed E-state index contributed by atoms with van der Waals surface area (Å²) in [6.45, 7) is 2.37. The van der Waals surface area contributed by atoms with Crippen molar-refractivity contribution >= 4 is 5.69 Å². The van der Waals surface area contributed by atoms with E-state index in [4.69, 9.17) is 10.5 Å². The molecule has 1 aromatic carbocycles. The lowest BCUT2D eigenvalue weighted by Gasteiger charge is -2.05. The van der Waals surface area contributed by atoms with E-state index in [0.717, 1.165) is 11.3 Å². The van der Waals surface area contributed by atoms with Crippen molar-refractivity contribution in [1.29, 1.82) is 0 Å². The van der Waals surface area contributed by atoms with E-state index >= 15 is 0 Å². The molecule has 0 saturated heterocycles. The summed E-state index contributed by atoms with van der Waals surface area (Å²) in [5.41, 5.74) is 7.21. The Morgan fingerprint density at radius 2 is 2.00 bits per heavy atom. The van der Waals surface area contributed by atoms with Crippen LogP contribution in [-0.2, 0) is 6.61 Å². The van der Waals surface area contributed by atoms with E-state index in [1.807, 2.05) is 31.2 Å². The van der Waals surface area contributed by atoms with Gasteiger partial charge >= 0.3 is 0 Å². The fourth-order valence-corrected chi connectivity index (χ4v) is 1.29. The second-order valence-corrected chi connectivity index (χ2v) is 3.54. The maximum Gasteiger partial charge on any atom is 0.166 e. The Kier molecular flexibility index (Phi) is 3.00. The summed E-state index contributed by atoms with van der Waals surface area (Å²) in [6, 6.07) is 7.85. The molecule has 0 bridgehead atoms. The number of nitrogens with two attached hydrogens (primary N) is 1. The normalized spacial score (nSPS) is 10.1. The van der Waals surface area contributed by atoms with Crippen molar-refractivity contribution in [1.82, 2.24) is 9.97 Å². The highest BCUT2D eigenvalue weighted by Crippen LogP contribution is 2.13. The van der Waals surface area contributed by atoms with Crippen LogP contribution < -0.4 is 10.5 Å². The van der Waals surface area contributed by atoms with Crippen molar-refractivity contribution in [2.75, 3.05) is 5.73 Å².